The molecule has 4 aliphatic carbocycles. The molecular formula is C20H32O. The molecule has 2 bridgehead atoms. The van der Waals surface area contributed by atoms with Gasteiger partial charge in [-0.3, -0.25) is 0 Å². The molecular weight excluding hydrogens is 256 g/mol. The number of hydrogen-bond donors (Lipinski definition) is 1. The summed E-state index contributed by atoms with van der Waals surface area (Å²) >= 11 is 0. The van der Waals surface area contributed by atoms with Gasteiger partial charge in [0, 0.05) is 6.61 Å². The highest BCUT2D eigenvalue weighted by atomic mass is 16.3. The Bertz CT molecular complexity index is 482. The van der Waals surface area contributed by atoms with Crippen LogP contribution in [0.25, 0.3) is 0 Å². The molecule has 0 heterocycles. The lowest BCUT2D eigenvalue weighted by Gasteiger charge is -2.64. The average molecular weight is 288 g/mol. The fourth-order valence-corrected chi connectivity index (χ4v) is 7.46. The second-order valence-corrected chi connectivity index (χ2v) is 9.75. The monoisotopic (exact) mass is 288 g/mol. The molecule has 4 aliphatic rings. The van der Waals surface area contributed by atoms with E-state index in [1.54, 1.807) is 0 Å². The molecule has 0 saturated heterocycles. The molecule has 1 heteroatoms. The van der Waals surface area contributed by atoms with Gasteiger partial charge in [0.1, 0.15) is 0 Å². The third kappa shape index (κ3) is 1.73. The Labute approximate surface area is 130 Å². The van der Waals surface area contributed by atoms with Crippen LogP contribution in [0.15, 0.2) is 12.2 Å². The Morgan fingerprint density at radius 1 is 0.952 bits per heavy atom. The lowest BCUT2D eigenvalue weighted by Crippen LogP contribution is -2.57. The molecule has 1 N–H and O–H groups in total. The summed E-state index contributed by atoms with van der Waals surface area (Å²) in [6.07, 6.45) is 16.1. The fraction of sp³-hybridized carbons (Fsp3) is 0.900. The average Bonchev–Trinajstić information content (AvgIpc) is 2.69. The molecule has 118 valence electrons. The molecule has 1 spiro atoms. The normalized spacial score (nSPS) is 58.7. The van der Waals surface area contributed by atoms with Crippen LogP contribution < -0.4 is 0 Å². The summed E-state index contributed by atoms with van der Waals surface area (Å²) in [4.78, 5) is 0. The van der Waals surface area contributed by atoms with Crippen LogP contribution in [0.5, 0.6) is 0 Å². The van der Waals surface area contributed by atoms with Crippen molar-refractivity contribution in [3.05, 3.63) is 12.2 Å². The first-order valence-electron chi connectivity index (χ1n) is 9.17. The molecule has 6 atom stereocenters. The summed E-state index contributed by atoms with van der Waals surface area (Å²) in [6, 6.07) is 0. The molecule has 1 nitrogen and oxygen atoms in total. The summed E-state index contributed by atoms with van der Waals surface area (Å²) < 4.78 is 0. The molecule has 0 unspecified atom stereocenters. The van der Waals surface area contributed by atoms with Crippen LogP contribution in [0, 0.1) is 33.5 Å². The topological polar surface area (TPSA) is 20.2 Å². The maximum absolute atomic E-state index is 10.1. The third-order valence-corrected chi connectivity index (χ3v) is 8.41. The van der Waals surface area contributed by atoms with Gasteiger partial charge in [-0.2, -0.15) is 0 Å². The van der Waals surface area contributed by atoms with Crippen molar-refractivity contribution in [3.63, 3.8) is 0 Å². The Morgan fingerprint density at radius 2 is 1.71 bits per heavy atom. The van der Waals surface area contributed by atoms with Crippen LogP contribution in [0.3, 0.4) is 0 Å². The highest BCUT2D eigenvalue weighted by Gasteiger charge is 2.63. The van der Waals surface area contributed by atoms with Gasteiger partial charge in [0.15, 0.2) is 0 Å². The maximum Gasteiger partial charge on any atom is 0.0487 e. The van der Waals surface area contributed by atoms with E-state index in [2.05, 4.69) is 32.9 Å². The van der Waals surface area contributed by atoms with E-state index in [-0.39, 0.29) is 5.41 Å². The number of rotatable bonds is 1. The van der Waals surface area contributed by atoms with Gasteiger partial charge in [-0.15, -0.1) is 0 Å². The van der Waals surface area contributed by atoms with Crippen molar-refractivity contribution in [1.82, 2.24) is 0 Å². The zero-order chi connectivity index (χ0) is 14.9. The van der Waals surface area contributed by atoms with Gasteiger partial charge in [-0.1, -0.05) is 39.3 Å². The van der Waals surface area contributed by atoms with Crippen molar-refractivity contribution >= 4 is 0 Å². The van der Waals surface area contributed by atoms with Crippen molar-refractivity contribution in [1.29, 1.82) is 0 Å². The predicted octanol–water partition coefficient (Wildman–Crippen LogP) is 4.95. The summed E-state index contributed by atoms with van der Waals surface area (Å²) in [5, 5.41) is 10.1. The van der Waals surface area contributed by atoms with Crippen molar-refractivity contribution in [2.75, 3.05) is 6.61 Å². The lowest BCUT2D eigenvalue weighted by atomic mass is 9.40. The van der Waals surface area contributed by atoms with Gasteiger partial charge in [-0.05, 0) is 78.4 Å². The van der Waals surface area contributed by atoms with Gasteiger partial charge < -0.3 is 5.11 Å². The predicted molar refractivity (Wildman–Crippen MR) is 86.9 cm³/mol. The van der Waals surface area contributed by atoms with E-state index in [0.717, 1.165) is 11.8 Å². The second-order valence-electron chi connectivity index (χ2n) is 9.75. The van der Waals surface area contributed by atoms with Crippen molar-refractivity contribution in [2.24, 2.45) is 33.5 Å². The molecule has 0 aliphatic heterocycles. The van der Waals surface area contributed by atoms with Crippen molar-refractivity contribution < 1.29 is 5.11 Å². The Balaban J connectivity index is 1.74. The van der Waals surface area contributed by atoms with Gasteiger partial charge in [0.05, 0.1) is 0 Å². The minimum atomic E-state index is 0.178. The first-order chi connectivity index (χ1) is 9.86. The second kappa shape index (κ2) is 4.16. The Morgan fingerprint density at radius 3 is 2.48 bits per heavy atom. The van der Waals surface area contributed by atoms with E-state index in [1.807, 2.05) is 0 Å². The third-order valence-electron chi connectivity index (χ3n) is 8.41. The van der Waals surface area contributed by atoms with E-state index in [4.69, 9.17) is 0 Å². The Kier molecular flexibility index (Phi) is 2.83. The number of hydrogen-bond acceptors (Lipinski definition) is 1. The fourth-order valence-electron chi connectivity index (χ4n) is 7.46. The molecule has 0 amide bonds. The van der Waals surface area contributed by atoms with Gasteiger partial charge >= 0.3 is 0 Å². The van der Waals surface area contributed by atoms with Crippen LogP contribution in [0.4, 0.5) is 0 Å². The molecule has 4 rings (SSSR count). The van der Waals surface area contributed by atoms with E-state index >= 15 is 0 Å². The molecule has 0 aromatic heterocycles. The first kappa shape index (κ1) is 14.3. The zero-order valence-corrected chi connectivity index (χ0v) is 14.1. The maximum atomic E-state index is 10.1. The van der Waals surface area contributed by atoms with E-state index < -0.39 is 0 Å². The summed E-state index contributed by atoms with van der Waals surface area (Å²) in [6.45, 7) is 7.82. The zero-order valence-electron chi connectivity index (χ0n) is 14.1. The summed E-state index contributed by atoms with van der Waals surface area (Å²) in [7, 11) is 0. The number of allylic oxidation sites excluding steroid dienone is 2. The van der Waals surface area contributed by atoms with E-state index in [9.17, 15) is 5.11 Å². The largest absolute Gasteiger partial charge is 0.396 e. The van der Waals surface area contributed by atoms with Crippen LogP contribution in [0.1, 0.15) is 72.1 Å². The van der Waals surface area contributed by atoms with E-state index in [1.165, 1.54) is 51.4 Å². The molecule has 21 heavy (non-hydrogen) atoms. The van der Waals surface area contributed by atoms with Gasteiger partial charge in [-0.25, -0.2) is 0 Å². The molecule has 0 aromatic rings. The SMILES string of the molecule is C[C@@]12C=C[C@]3(CC[C@H]4[C@@](C)(CO)CCC[C@]4(C)[C@H]3CC1)C2. The molecule has 0 radical (unpaired) electrons. The minimum Gasteiger partial charge on any atom is -0.396 e. The highest BCUT2D eigenvalue weighted by molar-refractivity contribution is 5.25. The van der Waals surface area contributed by atoms with Crippen LogP contribution in [-0.4, -0.2) is 11.7 Å². The minimum absolute atomic E-state index is 0.178. The lowest BCUT2D eigenvalue weighted by molar-refractivity contribution is -0.154. The van der Waals surface area contributed by atoms with Crippen LogP contribution >= 0.6 is 0 Å². The quantitative estimate of drug-likeness (QED) is 0.677. The van der Waals surface area contributed by atoms with Crippen LogP contribution in [-0.2, 0) is 0 Å². The molecule has 0 aromatic carbocycles. The first-order valence-corrected chi connectivity index (χ1v) is 9.17. The smallest absolute Gasteiger partial charge is 0.0487 e. The summed E-state index contributed by atoms with van der Waals surface area (Å²) in [5.74, 6) is 1.60. The number of aliphatic hydroxyl groups excluding tert-OH is 1. The van der Waals surface area contributed by atoms with Gasteiger partial charge in [0.25, 0.3) is 0 Å². The van der Waals surface area contributed by atoms with Gasteiger partial charge in [0.2, 0.25) is 0 Å². The Hall–Kier alpha value is -0.300. The molecule has 3 fully saturated rings. The number of fused-ring (bicyclic) bond motifs is 3. The number of aliphatic hydroxyl groups is 1. The molecule has 3 saturated carbocycles. The van der Waals surface area contributed by atoms with Crippen LogP contribution in [0.2, 0.25) is 0 Å². The van der Waals surface area contributed by atoms with Crippen molar-refractivity contribution in [2.45, 2.75) is 72.1 Å². The standard InChI is InChI=1S/C20H32O/c1-17-9-5-16-19(3)8-4-7-18(2,14-21)15(19)6-10-20(16,13-17)12-11-17/h11-12,15-16,21H,4-10,13-14H2,1-3H3/t15-,16+,17-,18+,19-,20+/m0/s1. The summed E-state index contributed by atoms with van der Waals surface area (Å²) in [5.41, 5.74) is 1.64. The van der Waals surface area contributed by atoms with E-state index in [0.29, 0.717) is 22.9 Å². The van der Waals surface area contributed by atoms with Crippen molar-refractivity contribution in [3.8, 4) is 0 Å². The highest BCUT2D eigenvalue weighted by Crippen LogP contribution is 2.71.